The molecule has 0 bridgehead atoms. The molecule has 20 heavy (non-hydrogen) atoms. The van der Waals surface area contributed by atoms with Crippen LogP contribution in [-0.4, -0.2) is 18.9 Å². The van der Waals surface area contributed by atoms with Gasteiger partial charge in [-0.15, -0.1) is 0 Å². The number of benzene rings is 2. The van der Waals surface area contributed by atoms with Gasteiger partial charge in [0, 0.05) is 24.0 Å². The average molecular weight is 266 g/mol. The minimum atomic E-state index is -0.0971. The summed E-state index contributed by atoms with van der Waals surface area (Å²) in [5.41, 5.74) is 3.08. The molecule has 3 rings (SSSR count). The number of rotatable bonds is 2. The third-order valence-corrected chi connectivity index (χ3v) is 3.43. The van der Waals surface area contributed by atoms with Crippen molar-refractivity contribution in [2.45, 2.75) is 6.42 Å². The number of nitrogens with one attached hydrogen (secondary N) is 1. The SMILES string of the molecule is CN(C(=O)c1ccc2c(c1)NC(=O)C2)c1ccccc1. The van der Waals surface area contributed by atoms with Crippen molar-refractivity contribution >= 4 is 23.2 Å². The zero-order chi connectivity index (χ0) is 14.1. The van der Waals surface area contributed by atoms with Crippen LogP contribution in [0, 0.1) is 0 Å². The summed E-state index contributed by atoms with van der Waals surface area (Å²) in [4.78, 5) is 25.4. The van der Waals surface area contributed by atoms with Gasteiger partial charge >= 0.3 is 0 Å². The molecule has 1 heterocycles. The maximum Gasteiger partial charge on any atom is 0.258 e. The Morgan fingerprint density at radius 3 is 2.65 bits per heavy atom. The van der Waals surface area contributed by atoms with E-state index in [1.54, 1.807) is 24.1 Å². The molecule has 4 heteroatoms. The summed E-state index contributed by atoms with van der Waals surface area (Å²) in [5.74, 6) is -0.124. The van der Waals surface area contributed by atoms with Gasteiger partial charge in [-0.1, -0.05) is 24.3 Å². The lowest BCUT2D eigenvalue weighted by atomic mass is 10.1. The fourth-order valence-electron chi connectivity index (χ4n) is 2.31. The Morgan fingerprint density at radius 1 is 1.15 bits per heavy atom. The highest BCUT2D eigenvalue weighted by molar-refractivity contribution is 6.08. The van der Waals surface area contributed by atoms with Crippen LogP contribution in [0.4, 0.5) is 11.4 Å². The van der Waals surface area contributed by atoms with Crippen LogP contribution in [0.25, 0.3) is 0 Å². The van der Waals surface area contributed by atoms with Gasteiger partial charge in [-0.25, -0.2) is 0 Å². The summed E-state index contributed by atoms with van der Waals surface area (Å²) in [6.45, 7) is 0. The van der Waals surface area contributed by atoms with E-state index in [9.17, 15) is 9.59 Å². The van der Waals surface area contributed by atoms with Gasteiger partial charge in [-0.05, 0) is 29.8 Å². The van der Waals surface area contributed by atoms with E-state index in [1.807, 2.05) is 36.4 Å². The van der Waals surface area contributed by atoms with Crippen LogP contribution >= 0.6 is 0 Å². The van der Waals surface area contributed by atoms with E-state index in [0.717, 1.165) is 16.9 Å². The Labute approximate surface area is 117 Å². The molecule has 0 radical (unpaired) electrons. The van der Waals surface area contributed by atoms with Crippen molar-refractivity contribution in [3.8, 4) is 0 Å². The average Bonchev–Trinajstić information content (AvgIpc) is 2.85. The van der Waals surface area contributed by atoms with E-state index in [2.05, 4.69) is 5.32 Å². The molecule has 2 amide bonds. The smallest absolute Gasteiger partial charge is 0.258 e. The molecule has 0 atom stereocenters. The van der Waals surface area contributed by atoms with Crippen molar-refractivity contribution in [1.82, 2.24) is 0 Å². The van der Waals surface area contributed by atoms with Gasteiger partial charge in [0.1, 0.15) is 0 Å². The quantitative estimate of drug-likeness (QED) is 0.907. The zero-order valence-electron chi connectivity index (χ0n) is 11.1. The van der Waals surface area contributed by atoms with Crippen LogP contribution < -0.4 is 10.2 Å². The molecule has 0 aromatic heterocycles. The standard InChI is InChI=1S/C16H14N2O2/c1-18(13-5-3-2-4-6-13)16(20)12-8-7-11-10-15(19)17-14(11)9-12/h2-9H,10H2,1H3,(H,17,19). The van der Waals surface area contributed by atoms with E-state index in [0.29, 0.717) is 12.0 Å². The summed E-state index contributed by atoms with van der Waals surface area (Å²) in [5, 5.41) is 2.76. The van der Waals surface area contributed by atoms with Crippen molar-refractivity contribution in [1.29, 1.82) is 0 Å². The lowest BCUT2D eigenvalue weighted by Gasteiger charge is -2.17. The fourth-order valence-corrected chi connectivity index (χ4v) is 2.31. The molecule has 0 spiro atoms. The molecule has 0 saturated heterocycles. The van der Waals surface area contributed by atoms with E-state index >= 15 is 0 Å². The van der Waals surface area contributed by atoms with Gasteiger partial charge in [-0.3, -0.25) is 9.59 Å². The topological polar surface area (TPSA) is 49.4 Å². The van der Waals surface area contributed by atoms with E-state index in [4.69, 9.17) is 0 Å². The molecular formula is C16H14N2O2. The predicted molar refractivity (Wildman–Crippen MR) is 78.0 cm³/mol. The van der Waals surface area contributed by atoms with Gasteiger partial charge in [0.2, 0.25) is 5.91 Å². The number of carbonyl (C=O) groups excluding carboxylic acids is 2. The molecule has 0 aliphatic carbocycles. The highest BCUT2D eigenvalue weighted by Gasteiger charge is 2.20. The van der Waals surface area contributed by atoms with Gasteiger partial charge in [-0.2, -0.15) is 0 Å². The summed E-state index contributed by atoms with van der Waals surface area (Å²) < 4.78 is 0. The van der Waals surface area contributed by atoms with Gasteiger partial charge < -0.3 is 10.2 Å². The summed E-state index contributed by atoms with van der Waals surface area (Å²) >= 11 is 0. The first-order chi connectivity index (χ1) is 9.65. The van der Waals surface area contributed by atoms with Crippen LogP contribution in [0.1, 0.15) is 15.9 Å². The third-order valence-electron chi connectivity index (χ3n) is 3.43. The second kappa shape index (κ2) is 4.81. The predicted octanol–water partition coefficient (Wildman–Crippen LogP) is 2.46. The molecule has 2 aromatic rings. The normalized spacial score (nSPS) is 12.8. The molecule has 100 valence electrons. The van der Waals surface area contributed by atoms with Crippen LogP contribution in [0.15, 0.2) is 48.5 Å². The maximum atomic E-state index is 12.4. The lowest BCUT2D eigenvalue weighted by molar-refractivity contribution is -0.115. The molecule has 1 aliphatic rings. The monoisotopic (exact) mass is 266 g/mol. The first-order valence-corrected chi connectivity index (χ1v) is 6.41. The second-order valence-electron chi connectivity index (χ2n) is 4.80. The van der Waals surface area contributed by atoms with Crippen LogP contribution in [-0.2, 0) is 11.2 Å². The Kier molecular flexibility index (Phi) is 2.99. The minimum absolute atomic E-state index is 0.0268. The first-order valence-electron chi connectivity index (χ1n) is 6.41. The Balaban J connectivity index is 1.88. The Morgan fingerprint density at radius 2 is 1.90 bits per heavy atom. The lowest BCUT2D eigenvalue weighted by Crippen LogP contribution is -2.26. The number of anilines is 2. The summed E-state index contributed by atoms with van der Waals surface area (Å²) in [7, 11) is 1.74. The van der Waals surface area contributed by atoms with E-state index < -0.39 is 0 Å². The fraction of sp³-hybridized carbons (Fsp3) is 0.125. The van der Waals surface area contributed by atoms with Gasteiger partial charge in [0.15, 0.2) is 0 Å². The third kappa shape index (κ3) is 2.16. The maximum absolute atomic E-state index is 12.4. The van der Waals surface area contributed by atoms with E-state index in [1.165, 1.54) is 0 Å². The number of hydrogen-bond donors (Lipinski definition) is 1. The van der Waals surface area contributed by atoms with Crippen LogP contribution in [0.5, 0.6) is 0 Å². The molecule has 0 unspecified atom stereocenters. The number of carbonyl (C=O) groups is 2. The zero-order valence-corrected chi connectivity index (χ0v) is 11.1. The van der Waals surface area contributed by atoms with Crippen LogP contribution in [0.3, 0.4) is 0 Å². The molecule has 0 fully saturated rings. The number of para-hydroxylation sites is 1. The number of amides is 2. The highest BCUT2D eigenvalue weighted by Crippen LogP contribution is 2.25. The van der Waals surface area contributed by atoms with Crippen molar-refractivity contribution in [3.05, 3.63) is 59.7 Å². The van der Waals surface area contributed by atoms with Gasteiger partial charge in [0.05, 0.1) is 6.42 Å². The molecule has 2 aromatic carbocycles. The highest BCUT2D eigenvalue weighted by atomic mass is 16.2. The van der Waals surface area contributed by atoms with Crippen molar-refractivity contribution in [2.24, 2.45) is 0 Å². The summed E-state index contributed by atoms with van der Waals surface area (Å²) in [6, 6.07) is 14.8. The number of hydrogen-bond acceptors (Lipinski definition) is 2. The Hall–Kier alpha value is -2.62. The van der Waals surface area contributed by atoms with Crippen molar-refractivity contribution in [3.63, 3.8) is 0 Å². The van der Waals surface area contributed by atoms with Gasteiger partial charge in [0.25, 0.3) is 5.91 Å². The summed E-state index contributed by atoms with van der Waals surface area (Å²) in [6.07, 6.45) is 0.387. The first kappa shape index (κ1) is 12.4. The van der Waals surface area contributed by atoms with E-state index in [-0.39, 0.29) is 11.8 Å². The second-order valence-corrected chi connectivity index (χ2v) is 4.80. The molecule has 4 nitrogen and oxygen atoms in total. The largest absolute Gasteiger partial charge is 0.326 e. The molecular weight excluding hydrogens is 252 g/mol. The molecule has 1 aliphatic heterocycles. The van der Waals surface area contributed by atoms with Crippen LogP contribution in [0.2, 0.25) is 0 Å². The molecule has 1 N–H and O–H groups in total. The molecule has 0 saturated carbocycles. The van der Waals surface area contributed by atoms with Crippen molar-refractivity contribution in [2.75, 3.05) is 17.3 Å². The number of fused-ring (bicyclic) bond motifs is 1. The Bertz CT molecular complexity index is 680. The number of nitrogens with zero attached hydrogens (tertiary/aromatic N) is 1. The van der Waals surface area contributed by atoms with Crippen molar-refractivity contribution < 1.29 is 9.59 Å². The minimum Gasteiger partial charge on any atom is -0.326 e.